The van der Waals surface area contributed by atoms with Crippen molar-refractivity contribution >= 4 is 56.7 Å². The van der Waals surface area contributed by atoms with Crippen molar-refractivity contribution in [2.75, 3.05) is 0 Å². The second-order valence-corrected chi connectivity index (χ2v) is 7.93. The molecule has 0 aliphatic carbocycles. The second-order valence-electron chi connectivity index (χ2n) is 5.87. The van der Waals surface area contributed by atoms with Gasteiger partial charge in [0, 0.05) is 9.64 Å². The zero-order valence-corrected chi connectivity index (χ0v) is 17.6. The molecule has 0 saturated heterocycles. The number of hydrogen-bond donors (Lipinski definition) is 0. The number of nitrogens with zero attached hydrogens (tertiary/aromatic N) is 3. The minimum Gasteiger partial charge on any atom is -0.401 e. The molecule has 0 atom stereocenters. The highest BCUT2D eigenvalue weighted by molar-refractivity contribution is 14.1. The van der Waals surface area contributed by atoms with E-state index in [1.807, 2.05) is 22.6 Å². The van der Waals surface area contributed by atoms with E-state index >= 15 is 0 Å². The predicted molar refractivity (Wildman–Crippen MR) is 111 cm³/mol. The van der Waals surface area contributed by atoms with Gasteiger partial charge in [-0.3, -0.25) is 0 Å². The Balaban J connectivity index is 2.04. The van der Waals surface area contributed by atoms with E-state index in [9.17, 15) is 18.0 Å². The number of rotatable bonds is 2. The summed E-state index contributed by atoms with van der Waals surface area (Å²) in [6.07, 6.45) is -4.73. The molecule has 0 radical (unpaired) electrons. The van der Waals surface area contributed by atoms with Crippen LogP contribution in [0.15, 0.2) is 51.7 Å². The fourth-order valence-corrected chi connectivity index (χ4v) is 3.98. The van der Waals surface area contributed by atoms with Crippen molar-refractivity contribution in [3.05, 3.63) is 72.2 Å². The van der Waals surface area contributed by atoms with Gasteiger partial charge in [-0.05, 0) is 46.9 Å². The molecular formula is C18H7Cl2F3IN3O2. The lowest BCUT2D eigenvalue weighted by Gasteiger charge is -2.09. The summed E-state index contributed by atoms with van der Waals surface area (Å²) in [5, 5.41) is 4.04. The molecule has 2 aromatic heterocycles. The van der Waals surface area contributed by atoms with Crippen LogP contribution in [0.4, 0.5) is 13.2 Å². The molecule has 148 valence electrons. The lowest BCUT2D eigenvalue weighted by molar-refractivity contribution is -0.141. The Morgan fingerprint density at radius 3 is 2.48 bits per heavy atom. The predicted octanol–water partition coefficient (Wildman–Crippen LogP) is 5.97. The summed E-state index contributed by atoms with van der Waals surface area (Å²) in [7, 11) is 0. The maximum Gasteiger partial charge on any atom is 0.435 e. The van der Waals surface area contributed by atoms with E-state index in [0.29, 0.717) is 3.57 Å². The average molecular weight is 552 g/mol. The van der Waals surface area contributed by atoms with Crippen LogP contribution >= 0.6 is 45.8 Å². The summed E-state index contributed by atoms with van der Waals surface area (Å²) in [5.74, 6) is -0.367. The molecule has 0 unspecified atom stereocenters. The van der Waals surface area contributed by atoms with Crippen LogP contribution in [0.3, 0.4) is 0 Å². The highest BCUT2D eigenvalue weighted by Crippen LogP contribution is 2.34. The molecule has 0 fully saturated rings. The highest BCUT2D eigenvalue weighted by Gasteiger charge is 2.36. The van der Waals surface area contributed by atoms with Crippen LogP contribution in [0.25, 0.3) is 28.2 Å². The molecule has 0 aliphatic heterocycles. The maximum absolute atomic E-state index is 13.3. The Morgan fingerprint density at radius 2 is 1.79 bits per heavy atom. The Labute approximate surface area is 184 Å². The number of aromatic nitrogens is 3. The van der Waals surface area contributed by atoms with E-state index in [4.69, 9.17) is 27.6 Å². The largest absolute Gasteiger partial charge is 0.435 e. The third kappa shape index (κ3) is 3.74. The Kier molecular flexibility index (Phi) is 5.07. The monoisotopic (exact) mass is 551 g/mol. The van der Waals surface area contributed by atoms with Crippen LogP contribution in [0.2, 0.25) is 10.0 Å². The van der Waals surface area contributed by atoms with Gasteiger partial charge in [-0.2, -0.15) is 18.3 Å². The first-order valence-electron chi connectivity index (χ1n) is 7.87. The van der Waals surface area contributed by atoms with Crippen LogP contribution in [-0.4, -0.2) is 14.8 Å². The molecule has 0 spiro atoms. The number of hydrogen-bond acceptors (Lipinski definition) is 4. The van der Waals surface area contributed by atoms with Crippen molar-refractivity contribution < 1.29 is 17.6 Å². The number of halogens is 6. The van der Waals surface area contributed by atoms with Crippen molar-refractivity contribution in [3.63, 3.8) is 0 Å². The summed E-state index contributed by atoms with van der Waals surface area (Å²) in [6.45, 7) is 0. The summed E-state index contributed by atoms with van der Waals surface area (Å²) in [5.41, 5.74) is -1.90. The molecule has 2 heterocycles. The van der Waals surface area contributed by atoms with Crippen LogP contribution in [0, 0.1) is 3.57 Å². The minimum absolute atomic E-state index is 0.110. The Hall–Kier alpha value is -2.11. The van der Waals surface area contributed by atoms with Gasteiger partial charge in [0.25, 0.3) is 0 Å². The van der Waals surface area contributed by atoms with Gasteiger partial charge in [-0.15, -0.1) is 0 Å². The third-order valence-electron chi connectivity index (χ3n) is 3.95. The second kappa shape index (κ2) is 7.29. The minimum atomic E-state index is -4.73. The Bertz CT molecular complexity index is 1320. The molecule has 29 heavy (non-hydrogen) atoms. The fourth-order valence-electron chi connectivity index (χ4n) is 2.69. The zero-order chi connectivity index (χ0) is 20.9. The zero-order valence-electron chi connectivity index (χ0n) is 14.0. The van der Waals surface area contributed by atoms with Crippen molar-refractivity contribution in [1.82, 2.24) is 14.8 Å². The normalized spacial score (nSPS) is 11.9. The topological polar surface area (TPSA) is 60.9 Å². The number of para-hydroxylation sites is 1. The van der Waals surface area contributed by atoms with E-state index in [2.05, 4.69) is 10.1 Å². The molecule has 0 N–H and O–H groups in total. The van der Waals surface area contributed by atoms with Gasteiger partial charge in [-0.25, -0.2) is 14.5 Å². The van der Waals surface area contributed by atoms with Crippen LogP contribution < -0.4 is 5.63 Å². The first-order valence-corrected chi connectivity index (χ1v) is 9.71. The van der Waals surface area contributed by atoms with Crippen LogP contribution in [0.1, 0.15) is 5.69 Å². The third-order valence-corrected chi connectivity index (χ3v) is 5.18. The fraction of sp³-hybridized carbons (Fsp3) is 0.0556. The molecule has 0 aliphatic rings. The average Bonchev–Trinajstić information content (AvgIpc) is 3.08. The molecule has 0 saturated carbocycles. The van der Waals surface area contributed by atoms with Crippen molar-refractivity contribution in [2.24, 2.45) is 0 Å². The van der Waals surface area contributed by atoms with E-state index in [1.165, 1.54) is 18.2 Å². The van der Waals surface area contributed by atoms with Gasteiger partial charge >= 0.3 is 11.8 Å². The molecule has 4 aromatic rings. The van der Waals surface area contributed by atoms with Gasteiger partial charge in [0.15, 0.2) is 5.69 Å². The Morgan fingerprint density at radius 1 is 1.07 bits per heavy atom. The van der Waals surface area contributed by atoms with Gasteiger partial charge in [0.2, 0.25) is 5.89 Å². The van der Waals surface area contributed by atoms with Crippen LogP contribution in [0.5, 0.6) is 0 Å². The molecule has 11 heteroatoms. The maximum atomic E-state index is 13.3. The standard InChI is InChI=1S/C18H7Cl2F3IN3O2/c19-10-3-1-2-4-12(10)27-13(7-14(26-27)18(21,22)23)16-25-15-9(17(28)29-16)5-8(24)6-11(15)20/h1-7H. The number of fused-ring (bicyclic) bond motifs is 1. The molecule has 2 aromatic carbocycles. The van der Waals surface area contributed by atoms with E-state index < -0.39 is 17.5 Å². The molecule has 5 nitrogen and oxygen atoms in total. The lowest BCUT2D eigenvalue weighted by atomic mass is 10.2. The van der Waals surface area contributed by atoms with E-state index in [0.717, 1.165) is 10.7 Å². The quantitative estimate of drug-likeness (QED) is 0.288. The first kappa shape index (κ1) is 20.2. The SMILES string of the molecule is O=c1oc(-c2cc(C(F)(F)F)nn2-c2ccccc2Cl)nc2c(Cl)cc(I)cc12. The van der Waals surface area contributed by atoms with E-state index in [-0.39, 0.29) is 38.2 Å². The lowest BCUT2D eigenvalue weighted by Crippen LogP contribution is -2.08. The summed E-state index contributed by atoms with van der Waals surface area (Å²) in [4.78, 5) is 16.6. The van der Waals surface area contributed by atoms with Crippen molar-refractivity contribution in [3.8, 4) is 17.3 Å². The molecule has 0 amide bonds. The van der Waals surface area contributed by atoms with Gasteiger partial charge in [0.05, 0.1) is 21.1 Å². The number of benzene rings is 2. The van der Waals surface area contributed by atoms with E-state index in [1.54, 1.807) is 18.2 Å². The summed E-state index contributed by atoms with van der Waals surface area (Å²) < 4.78 is 46.8. The summed E-state index contributed by atoms with van der Waals surface area (Å²) >= 11 is 14.3. The van der Waals surface area contributed by atoms with Crippen LogP contribution in [-0.2, 0) is 6.18 Å². The molecule has 0 bridgehead atoms. The van der Waals surface area contributed by atoms with Gasteiger partial charge in [0.1, 0.15) is 11.2 Å². The molecule has 4 rings (SSSR count). The van der Waals surface area contributed by atoms with Gasteiger partial charge in [-0.1, -0.05) is 35.3 Å². The van der Waals surface area contributed by atoms with Crippen molar-refractivity contribution in [2.45, 2.75) is 6.18 Å². The summed E-state index contributed by atoms with van der Waals surface area (Å²) in [6, 6.07) is 10.0. The van der Waals surface area contributed by atoms with Gasteiger partial charge < -0.3 is 4.42 Å². The first-order chi connectivity index (χ1) is 13.6. The van der Waals surface area contributed by atoms with Crippen molar-refractivity contribution in [1.29, 1.82) is 0 Å². The highest BCUT2D eigenvalue weighted by atomic mass is 127. The number of alkyl halides is 3. The smallest absolute Gasteiger partial charge is 0.401 e. The molecular weight excluding hydrogens is 545 g/mol.